The molecule has 0 unspecified atom stereocenters. The van der Waals surface area contributed by atoms with Crippen LogP contribution in [0.5, 0.6) is 0 Å². The van der Waals surface area contributed by atoms with Crippen molar-refractivity contribution in [3.05, 3.63) is 30.3 Å². The number of nitrogens with one attached hydrogen (secondary N) is 1. The summed E-state index contributed by atoms with van der Waals surface area (Å²) in [5.41, 5.74) is 0.119. The van der Waals surface area contributed by atoms with Gasteiger partial charge in [-0.2, -0.15) is 0 Å². The second kappa shape index (κ2) is 7.61. The van der Waals surface area contributed by atoms with E-state index in [1.165, 1.54) is 11.8 Å². The first-order chi connectivity index (χ1) is 10.9. The summed E-state index contributed by atoms with van der Waals surface area (Å²) < 4.78 is 1.93. The summed E-state index contributed by atoms with van der Waals surface area (Å²) in [6.45, 7) is 3.57. The fourth-order valence-corrected chi connectivity index (χ4v) is 2.77. The van der Waals surface area contributed by atoms with Gasteiger partial charge in [0.05, 0.1) is 5.60 Å². The third-order valence-corrected chi connectivity index (χ3v) is 4.17. The molecule has 0 spiro atoms. The van der Waals surface area contributed by atoms with E-state index >= 15 is 0 Å². The van der Waals surface area contributed by atoms with E-state index < -0.39 is 5.60 Å². The molecule has 0 aliphatic heterocycles. The fourth-order valence-electron chi connectivity index (χ4n) is 1.92. The van der Waals surface area contributed by atoms with Gasteiger partial charge < -0.3 is 15.0 Å². The van der Waals surface area contributed by atoms with Crippen molar-refractivity contribution in [2.75, 3.05) is 12.3 Å². The van der Waals surface area contributed by atoms with Gasteiger partial charge in [0.1, 0.15) is 0 Å². The average Bonchev–Trinajstić information content (AvgIpc) is 2.87. The summed E-state index contributed by atoms with van der Waals surface area (Å²) in [4.78, 5) is 11.7. The molecule has 2 N–H and O–H groups in total. The molecular weight excluding hydrogens is 312 g/mol. The molecule has 0 saturated carbocycles. The average molecular weight is 334 g/mol. The van der Waals surface area contributed by atoms with Gasteiger partial charge >= 0.3 is 0 Å². The van der Waals surface area contributed by atoms with Crippen LogP contribution in [-0.2, 0) is 11.8 Å². The molecule has 1 aromatic carbocycles. The Balaban J connectivity index is 1.85. The number of aromatic nitrogens is 3. The van der Waals surface area contributed by atoms with Crippen LogP contribution in [0.1, 0.15) is 20.3 Å². The number of carbonyl (C=O) groups excluding carboxylic acids is 1. The lowest BCUT2D eigenvalue weighted by atomic mass is 10.1. The van der Waals surface area contributed by atoms with Crippen molar-refractivity contribution < 1.29 is 9.90 Å². The van der Waals surface area contributed by atoms with Crippen LogP contribution in [-0.4, -0.2) is 43.7 Å². The van der Waals surface area contributed by atoms with E-state index in [1.807, 2.05) is 41.9 Å². The number of hydrogen-bond acceptors (Lipinski definition) is 5. The van der Waals surface area contributed by atoms with Crippen LogP contribution in [0.4, 0.5) is 0 Å². The third kappa shape index (κ3) is 5.37. The second-order valence-corrected chi connectivity index (χ2v) is 6.98. The lowest BCUT2D eigenvalue weighted by molar-refractivity contribution is -0.121. The van der Waals surface area contributed by atoms with Gasteiger partial charge in [-0.15, -0.1) is 10.2 Å². The van der Waals surface area contributed by atoms with E-state index in [0.29, 0.717) is 12.2 Å². The van der Waals surface area contributed by atoms with Crippen LogP contribution in [0, 0.1) is 0 Å². The zero-order valence-corrected chi connectivity index (χ0v) is 14.4. The Labute approximate surface area is 140 Å². The van der Waals surface area contributed by atoms with Crippen LogP contribution >= 0.6 is 11.8 Å². The first-order valence-electron chi connectivity index (χ1n) is 7.43. The molecule has 0 aliphatic carbocycles. The third-order valence-electron chi connectivity index (χ3n) is 3.15. The zero-order chi connectivity index (χ0) is 16.9. The first kappa shape index (κ1) is 17.5. The molecule has 1 aromatic heterocycles. The largest absolute Gasteiger partial charge is 0.389 e. The number of hydrogen-bond donors (Lipinski definition) is 2. The van der Waals surface area contributed by atoms with E-state index in [4.69, 9.17) is 0 Å². The number of amides is 1. The molecule has 6 nitrogen and oxygen atoms in total. The van der Waals surface area contributed by atoms with Gasteiger partial charge in [0, 0.05) is 31.3 Å². The van der Waals surface area contributed by atoms with Crippen molar-refractivity contribution >= 4 is 17.7 Å². The van der Waals surface area contributed by atoms with E-state index in [2.05, 4.69) is 15.5 Å². The maximum Gasteiger partial charge on any atom is 0.220 e. The highest BCUT2D eigenvalue weighted by Gasteiger charge is 2.14. The zero-order valence-electron chi connectivity index (χ0n) is 13.6. The molecule has 1 heterocycles. The van der Waals surface area contributed by atoms with Crippen molar-refractivity contribution in [3.8, 4) is 11.4 Å². The maximum atomic E-state index is 11.7. The van der Waals surface area contributed by atoms with Crippen LogP contribution in [0.3, 0.4) is 0 Å². The molecule has 0 atom stereocenters. The van der Waals surface area contributed by atoms with Crippen molar-refractivity contribution in [3.63, 3.8) is 0 Å². The van der Waals surface area contributed by atoms with E-state index in [9.17, 15) is 9.90 Å². The van der Waals surface area contributed by atoms with Crippen LogP contribution in [0.2, 0.25) is 0 Å². The first-order valence-corrected chi connectivity index (χ1v) is 8.42. The summed E-state index contributed by atoms with van der Waals surface area (Å²) in [6, 6.07) is 9.86. The van der Waals surface area contributed by atoms with Crippen molar-refractivity contribution in [1.82, 2.24) is 20.1 Å². The number of aliphatic hydroxyl groups is 1. The number of carbonyl (C=O) groups is 1. The normalized spacial score (nSPS) is 11.5. The minimum absolute atomic E-state index is 0.0786. The minimum atomic E-state index is -0.892. The highest BCUT2D eigenvalue weighted by atomic mass is 32.2. The van der Waals surface area contributed by atoms with E-state index in [1.54, 1.807) is 13.8 Å². The Morgan fingerprint density at radius 2 is 2.00 bits per heavy atom. The molecule has 23 heavy (non-hydrogen) atoms. The Hall–Kier alpha value is -1.86. The summed E-state index contributed by atoms with van der Waals surface area (Å²) >= 11 is 1.49. The molecular formula is C16H22N4O2S. The highest BCUT2D eigenvalue weighted by Crippen LogP contribution is 2.22. The number of rotatable bonds is 7. The molecule has 1 amide bonds. The summed E-state index contributed by atoms with van der Waals surface area (Å²) in [6.07, 6.45) is 0.369. The van der Waals surface area contributed by atoms with Crippen LogP contribution in [0.25, 0.3) is 11.4 Å². The van der Waals surface area contributed by atoms with Crippen molar-refractivity contribution in [2.24, 2.45) is 7.05 Å². The number of benzene rings is 1. The van der Waals surface area contributed by atoms with E-state index in [-0.39, 0.29) is 12.5 Å². The topological polar surface area (TPSA) is 80.0 Å². The smallest absolute Gasteiger partial charge is 0.220 e. The molecule has 0 saturated heterocycles. The van der Waals surface area contributed by atoms with Gasteiger partial charge in [-0.05, 0) is 13.8 Å². The molecule has 0 radical (unpaired) electrons. The Morgan fingerprint density at radius 1 is 1.30 bits per heavy atom. The van der Waals surface area contributed by atoms with Crippen LogP contribution in [0.15, 0.2) is 35.5 Å². The van der Waals surface area contributed by atoms with Gasteiger partial charge in [0.25, 0.3) is 0 Å². The number of nitrogens with zero attached hydrogens (tertiary/aromatic N) is 3. The monoisotopic (exact) mass is 334 g/mol. The quantitative estimate of drug-likeness (QED) is 0.756. The molecule has 7 heteroatoms. The maximum absolute atomic E-state index is 11.7. The number of thioether (sulfide) groups is 1. The Bertz CT molecular complexity index is 650. The van der Waals surface area contributed by atoms with E-state index in [0.717, 1.165) is 16.5 Å². The van der Waals surface area contributed by atoms with Crippen LogP contribution < -0.4 is 5.32 Å². The molecule has 2 rings (SSSR count). The fraction of sp³-hybridized carbons (Fsp3) is 0.438. The lowest BCUT2D eigenvalue weighted by Gasteiger charge is -2.17. The second-order valence-electron chi connectivity index (χ2n) is 5.92. The highest BCUT2D eigenvalue weighted by molar-refractivity contribution is 7.99. The van der Waals surface area contributed by atoms with Gasteiger partial charge in [-0.1, -0.05) is 42.1 Å². The molecule has 0 fully saturated rings. The van der Waals surface area contributed by atoms with Gasteiger partial charge in [-0.3, -0.25) is 4.79 Å². The summed E-state index contributed by atoms with van der Waals surface area (Å²) in [5, 5.41) is 21.5. The molecule has 0 aliphatic rings. The van der Waals surface area contributed by atoms with Crippen molar-refractivity contribution in [2.45, 2.75) is 31.0 Å². The molecule has 0 bridgehead atoms. The van der Waals surface area contributed by atoms with Gasteiger partial charge in [-0.25, -0.2) is 0 Å². The Kier molecular flexibility index (Phi) is 5.79. The van der Waals surface area contributed by atoms with Gasteiger partial charge in [0.15, 0.2) is 11.0 Å². The Morgan fingerprint density at radius 3 is 2.65 bits per heavy atom. The van der Waals surface area contributed by atoms with Crippen molar-refractivity contribution in [1.29, 1.82) is 0 Å². The standard InChI is InChI=1S/C16H22N4O2S/c1-16(2,22)11-17-13(21)9-10-23-15-19-18-14(20(15)3)12-7-5-4-6-8-12/h4-8,22H,9-11H2,1-3H3,(H,17,21). The predicted molar refractivity (Wildman–Crippen MR) is 91.1 cm³/mol. The lowest BCUT2D eigenvalue weighted by Crippen LogP contribution is -2.38. The SMILES string of the molecule is Cn1c(SCCC(=O)NCC(C)(C)O)nnc1-c1ccccc1. The summed E-state index contributed by atoms with van der Waals surface area (Å²) in [7, 11) is 1.92. The predicted octanol–water partition coefficient (Wildman–Crippen LogP) is 1.85. The molecule has 2 aromatic rings. The summed E-state index contributed by atoms with van der Waals surface area (Å²) in [5.74, 6) is 1.34. The molecule has 124 valence electrons. The van der Waals surface area contributed by atoms with Gasteiger partial charge in [0.2, 0.25) is 5.91 Å². The minimum Gasteiger partial charge on any atom is -0.389 e.